The molecule has 2 N–H and O–H groups in total. The molecule has 3 aromatic rings. The molecule has 0 spiro atoms. The zero-order valence-corrected chi connectivity index (χ0v) is 14.4. The average Bonchev–Trinajstić information content (AvgIpc) is 3.05. The van der Waals surface area contributed by atoms with Crippen molar-refractivity contribution in [1.82, 2.24) is 15.3 Å². The van der Waals surface area contributed by atoms with E-state index in [0.29, 0.717) is 5.69 Å². The summed E-state index contributed by atoms with van der Waals surface area (Å²) in [4.78, 5) is 32.5. The van der Waals surface area contributed by atoms with Crippen LogP contribution in [0.5, 0.6) is 0 Å². The Morgan fingerprint density at radius 3 is 2.75 bits per heavy atom. The topological polar surface area (TPSA) is 84.0 Å². The first-order valence-electron chi connectivity index (χ1n) is 7.15. The van der Waals surface area contributed by atoms with Gasteiger partial charge in [-0.25, -0.2) is 14.8 Å². The van der Waals surface area contributed by atoms with Crippen molar-refractivity contribution in [2.24, 2.45) is 0 Å². The summed E-state index contributed by atoms with van der Waals surface area (Å²) in [5.74, 6) is -0.378. The maximum atomic E-state index is 12.2. The van der Waals surface area contributed by atoms with Crippen molar-refractivity contribution < 1.29 is 9.59 Å². The summed E-state index contributed by atoms with van der Waals surface area (Å²) >= 11 is 2.83. The highest BCUT2D eigenvalue weighted by atomic mass is 32.2. The highest BCUT2D eigenvalue weighted by molar-refractivity contribution is 8.00. The molecule has 1 aromatic carbocycles. The molecular weight excluding hydrogens is 344 g/mol. The van der Waals surface area contributed by atoms with Crippen LogP contribution in [0.4, 0.5) is 10.5 Å². The molecule has 0 bridgehead atoms. The molecular formula is C16H14N4O2S2. The third-order valence-corrected chi connectivity index (χ3v) is 5.28. The van der Waals surface area contributed by atoms with Crippen LogP contribution in [0.15, 0.2) is 53.1 Å². The molecule has 0 saturated heterocycles. The number of imide groups is 1. The van der Waals surface area contributed by atoms with Gasteiger partial charge >= 0.3 is 6.03 Å². The first-order valence-corrected chi connectivity index (χ1v) is 8.91. The van der Waals surface area contributed by atoms with Crippen molar-refractivity contribution in [2.45, 2.75) is 17.2 Å². The summed E-state index contributed by atoms with van der Waals surface area (Å²) < 4.78 is 0.941. The number of carbonyl (C=O) groups excluding carboxylic acids is 2. The van der Waals surface area contributed by atoms with E-state index in [2.05, 4.69) is 20.6 Å². The fourth-order valence-electron chi connectivity index (χ4n) is 1.97. The minimum atomic E-state index is -0.553. The first kappa shape index (κ1) is 16.4. The number of thioether (sulfide) groups is 1. The Morgan fingerprint density at radius 1 is 1.17 bits per heavy atom. The lowest BCUT2D eigenvalue weighted by molar-refractivity contribution is -0.119. The quantitative estimate of drug-likeness (QED) is 0.551. The minimum Gasteiger partial charge on any atom is -0.308 e. The molecule has 24 heavy (non-hydrogen) atoms. The van der Waals surface area contributed by atoms with Crippen LogP contribution in [-0.4, -0.2) is 27.2 Å². The summed E-state index contributed by atoms with van der Waals surface area (Å²) in [6.07, 6.45) is 1.48. The summed E-state index contributed by atoms with van der Waals surface area (Å²) in [7, 11) is 0. The number of hydrogen-bond donors (Lipinski definition) is 2. The normalized spacial score (nSPS) is 11.9. The lowest BCUT2D eigenvalue weighted by atomic mass is 10.3. The molecule has 1 atom stereocenters. The number of anilines is 1. The van der Waals surface area contributed by atoms with Crippen LogP contribution in [0.3, 0.4) is 0 Å². The molecule has 3 amide bonds. The van der Waals surface area contributed by atoms with Crippen molar-refractivity contribution in [3.63, 3.8) is 0 Å². The third kappa shape index (κ3) is 3.90. The number of amides is 3. The van der Waals surface area contributed by atoms with E-state index in [0.717, 1.165) is 15.2 Å². The van der Waals surface area contributed by atoms with Gasteiger partial charge in [-0.15, -0.1) is 11.3 Å². The Bertz CT molecular complexity index is 867. The second-order valence-corrected chi connectivity index (χ2v) is 7.13. The van der Waals surface area contributed by atoms with Crippen LogP contribution in [0.25, 0.3) is 10.2 Å². The molecule has 0 saturated carbocycles. The number of nitrogens with one attached hydrogen (secondary N) is 2. The van der Waals surface area contributed by atoms with Crippen LogP contribution < -0.4 is 10.6 Å². The molecule has 0 aliphatic rings. The predicted molar refractivity (Wildman–Crippen MR) is 96.3 cm³/mol. The van der Waals surface area contributed by atoms with Crippen LogP contribution >= 0.6 is 23.1 Å². The Kier molecular flexibility index (Phi) is 5.07. The molecule has 8 heteroatoms. The fourth-order valence-corrected chi connectivity index (χ4v) is 3.81. The van der Waals surface area contributed by atoms with Crippen LogP contribution in [-0.2, 0) is 4.79 Å². The standard InChI is InChI=1S/C16H14N4O2S2/c1-10(24-15-13-12(7-8-23-13)17-9-18-15)14(21)20-16(22)19-11-5-3-2-4-6-11/h2-10H,1H3,(H2,19,20,21,22)/t10-/m1/s1. The summed E-state index contributed by atoms with van der Waals surface area (Å²) in [6.45, 7) is 1.73. The number of para-hydroxylation sites is 1. The highest BCUT2D eigenvalue weighted by Gasteiger charge is 2.19. The van der Waals surface area contributed by atoms with Gasteiger partial charge in [-0.3, -0.25) is 10.1 Å². The van der Waals surface area contributed by atoms with E-state index < -0.39 is 11.3 Å². The van der Waals surface area contributed by atoms with E-state index in [4.69, 9.17) is 0 Å². The lowest BCUT2D eigenvalue weighted by Crippen LogP contribution is -2.38. The van der Waals surface area contributed by atoms with Crippen molar-refractivity contribution in [3.05, 3.63) is 48.1 Å². The van der Waals surface area contributed by atoms with E-state index in [-0.39, 0.29) is 5.91 Å². The zero-order chi connectivity index (χ0) is 16.9. The maximum absolute atomic E-state index is 12.2. The maximum Gasteiger partial charge on any atom is 0.325 e. The van der Waals surface area contributed by atoms with Gasteiger partial charge in [0.1, 0.15) is 11.4 Å². The highest BCUT2D eigenvalue weighted by Crippen LogP contribution is 2.31. The average molecular weight is 358 g/mol. The largest absolute Gasteiger partial charge is 0.325 e. The van der Waals surface area contributed by atoms with Crippen molar-refractivity contribution in [3.8, 4) is 0 Å². The van der Waals surface area contributed by atoms with Gasteiger partial charge in [0.15, 0.2) is 0 Å². The Morgan fingerprint density at radius 2 is 1.96 bits per heavy atom. The number of thiophene rings is 1. The molecule has 2 aromatic heterocycles. The number of fused-ring (bicyclic) bond motifs is 1. The van der Waals surface area contributed by atoms with Gasteiger partial charge in [0.2, 0.25) is 5.91 Å². The van der Waals surface area contributed by atoms with Gasteiger partial charge in [0.05, 0.1) is 15.5 Å². The summed E-state index contributed by atoms with van der Waals surface area (Å²) in [6, 6.07) is 10.3. The second kappa shape index (κ2) is 7.41. The summed E-state index contributed by atoms with van der Waals surface area (Å²) in [5, 5.41) is 7.16. The van der Waals surface area contributed by atoms with Gasteiger partial charge in [-0.05, 0) is 30.5 Å². The minimum absolute atomic E-state index is 0.378. The Labute approximate surface area is 146 Å². The van der Waals surface area contributed by atoms with Gasteiger partial charge in [0, 0.05) is 5.69 Å². The number of rotatable bonds is 4. The van der Waals surface area contributed by atoms with Gasteiger partial charge < -0.3 is 5.32 Å². The first-order chi connectivity index (χ1) is 11.6. The van der Waals surface area contributed by atoms with Crippen molar-refractivity contribution in [1.29, 1.82) is 0 Å². The van der Waals surface area contributed by atoms with E-state index in [9.17, 15) is 9.59 Å². The van der Waals surface area contributed by atoms with Gasteiger partial charge in [-0.2, -0.15) is 0 Å². The predicted octanol–water partition coefficient (Wildman–Crippen LogP) is 3.52. The molecule has 3 rings (SSSR count). The van der Waals surface area contributed by atoms with E-state index in [1.165, 1.54) is 29.4 Å². The van der Waals surface area contributed by atoms with Crippen LogP contribution in [0.1, 0.15) is 6.92 Å². The van der Waals surface area contributed by atoms with Gasteiger partial charge in [-0.1, -0.05) is 30.0 Å². The number of benzene rings is 1. The fraction of sp³-hybridized carbons (Fsp3) is 0.125. The molecule has 2 heterocycles. The monoisotopic (exact) mass is 358 g/mol. The van der Waals surface area contributed by atoms with E-state index in [1.807, 2.05) is 17.5 Å². The van der Waals surface area contributed by atoms with Crippen LogP contribution in [0, 0.1) is 0 Å². The SMILES string of the molecule is C[C@@H](Sc1ncnc2ccsc12)C(=O)NC(=O)Nc1ccccc1. The third-order valence-electron chi connectivity index (χ3n) is 3.14. The molecule has 122 valence electrons. The number of hydrogen-bond acceptors (Lipinski definition) is 6. The Balaban J connectivity index is 1.60. The number of carbonyl (C=O) groups is 2. The van der Waals surface area contributed by atoms with Gasteiger partial charge in [0.25, 0.3) is 0 Å². The molecule has 0 unspecified atom stereocenters. The van der Waals surface area contributed by atoms with Crippen LogP contribution in [0.2, 0.25) is 0 Å². The molecule has 0 aliphatic carbocycles. The summed E-state index contributed by atoms with van der Waals surface area (Å²) in [5.41, 5.74) is 1.48. The number of urea groups is 1. The Hall–Kier alpha value is -2.45. The zero-order valence-electron chi connectivity index (χ0n) is 12.7. The number of nitrogens with zero attached hydrogens (tertiary/aromatic N) is 2. The van der Waals surface area contributed by atoms with Crippen molar-refractivity contribution in [2.75, 3.05) is 5.32 Å². The lowest BCUT2D eigenvalue weighted by Gasteiger charge is -2.11. The van der Waals surface area contributed by atoms with E-state index >= 15 is 0 Å². The smallest absolute Gasteiger partial charge is 0.308 e. The molecule has 0 radical (unpaired) electrons. The van der Waals surface area contributed by atoms with Crippen molar-refractivity contribution >= 4 is 50.9 Å². The van der Waals surface area contributed by atoms with E-state index in [1.54, 1.807) is 31.2 Å². The second-order valence-electron chi connectivity index (χ2n) is 4.88. The molecule has 0 aliphatic heterocycles. The molecule has 6 nitrogen and oxygen atoms in total. The number of aromatic nitrogens is 2. The molecule has 0 fully saturated rings.